The second-order valence-corrected chi connectivity index (χ2v) is 2.88. The van der Waals surface area contributed by atoms with E-state index in [0.717, 1.165) is 0 Å². The highest BCUT2D eigenvalue weighted by Gasteiger charge is 2.27. The molecule has 0 radical (unpaired) electrons. The summed E-state index contributed by atoms with van der Waals surface area (Å²) in [4.78, 5) is 28.8. The Morgan fingerprint density at radius 2 is 1.24 bits per heavy atom. The van der Waals surface area contributed by atoms with Crippen molar-refractivity contribution in [1.82, 2.24) is 0 Å². The number of nitro benzene ring substituents is 3. The molecule has 0 bridgehead atoms. The number of hydrogen-bond donors (Lipinski definition) is 0. The molecule has 0 unspecified atom stereocenters. The van der Waals surface area contributed by atoms with Crippen molar-refractivity contribution in [2.75, 3.05) is 0 Å². The van der Waals surface area contributed by atoms with Crippen molar-refractivity contribution in [2.45, 2.75) is 6.92 Å². The summed E-state index contributed by atoms with van der Waals surface area (Å²) in [5, 5.41) is 31.5. The molecule has 0 spiro atoms. The Labute approximate surface area is 105 Å². The molecule has 0 aliphatic rings. The molecule has 1 aromatic carbocycles. The van der Waals surface area contributed by atoms with Crippen LogP contribution >= 0.6 is 0 Å². The molecule has 0 saturated carbocycles. The quantitative estimate of drug-likeness (QED) is 0.441. The van der Waals surface area contributed by atoms with Crippen LogP contribution in [0.25, 0.3) is 0 Å². The van der Waals surface area contributed by atoms with Gasteiger partial charge in [0.15, 0.2) is 17.4 Å². The van der Waals surface area contributed by atoms with E-state index < -0.39 is 31.8 Å². The first-order valence-corrected chi connectivity index (χ1v) is 3.92. The smallest absolute Gasteiger partial charge is 0.258 e. The number of nitrogens with zero attached hydrogens (tertiary/aromatic N) is 3. The van der Waals surface area contributed by atoms with E-state index in [-0.39, 0.29) is 22.9 Å². The van der Waals surface area contributed by atoms with Crippen LogP contribution < -0.4 is 0 Å². The van der Waals surface area contributed by atoms with Gasteiger partial charge in [0.05, 0.1) is 26.9 Å². The minimum Gasteiger partial charge on any atom is -0.258 e. The van der Waals surface area contributed by atoms with Crippen molar-refractivity contribution in [2.24, 2.45) is 0 Å². The summed E-state index contributed by atoms with van der Waals surface area (Å²) in [5.74, 6) is 0. The van der Waals surface area contributed by atoms with Gasteiger partial charge in [-0.15, -0.1) is 0 Å². The zero-order chi connectivity index (χ0) is 12.5. The van der Waals surface area contributed by atoms with Gasteiger partial charge >= 0.3 is 0 Å². The molecule has 0 atom stereocenters. The zero-order valence-corrected chi connectivity index (χ0v) is 7.95. The molecule has 9 nitrogen and oxygen atoms in total. The summed E-state index contributed by atoms with van der Waals surface area (Å²) in [6.45, 7) is 1.17. The van der Waals surface area contributed by atoms with Gasteiger partial charge in [0, 0.05) is 0 Å². The van der Waals surface area contributed by atoms with Crippen LogP contribution in [0.4, 0.5) is 17.1 Å². The summed E-state index contributed by atoms with van der Waals surface area (Å²) < 4.78 is 0. The van der Waals surface area contributed by atoms with Crippen LogP contribution in [0, 0.1) is 37.3 Å². The van der Waals surface area contributed by atoms with Gasteiger partial charge < -0.3 is 0 Å². The first kappa shape index (κ1) is 15.0. The monoisotopic (exact) mass is 257 g/mol. The predicted molar refractivity (Wildman–Crippen MR) is 61.1 cm³/mol. The Morgan fingerprint density at radius 3 is 1.47 bits per heavy atom. The average molecular weight is 257 g/mol. The summed E-state index contributed by atoms with van der Waals surface area (Å²) in [5.41, 5.74) is -2.16. The lowest BCUT2D eigenvalue weighted by Crippen LogP contribution is -2.00. The molecular weight excluding hydrogens is 249 g/mol. The lowest BCUT2D eigenvalue weighted by molar-refractivity contribution is -0.403. The van der Waals surface area contributed by atoms with E-state index in [1.54, 1.807) is 0 Å². The van der Waals surface area contributed by atoms with Crippen LogP contribution in [-0.4, -0.2) is 32.1 Å². The molecule has 10 heteroatoms. The van der Waals surface area contributed by atoms with Crippen molar-refractivity contribution in [1.29, 1.82) is 0 Å². The van der Waals surface area contributed by atoms with E-state index in [1.165, 1.54) is 6.92 Å². The predicted octanol–water partition coefficient (Wildman–Crippen LogP) is 0.536. The van der Waals surface area contributed by atoms with Crippen molar-refractivity contribution in [3.05, 3.63) is 48.0 Å². The molecule has 0 fully saturated rings. The Bertz CT molecular complexity index is 467. The van der Waals surface area contributed by atoms with Crippen molar-refractivity contribution in [3.63, 3.8) is 0 Å². The summed E-state index contributed by atoms with van der Waals surface area (Å²) in [7, 11) is 0. The van der Waals surface area contributed by atoms with E-state index >= 15 is 0 Å². The average Bonchev–Trinajstić information content (AvgIpc) is 2.16. The van der Waals surface area contributed by atoms with Gasteiger partial charge in [-0.25, -0.2) is 0 Å². The summed E-state index contributed by atoms with van der Waals surface area (Å²) >= 11 is 0. The standard InChI is InChI=1S/C7H5N3O6.Al.3H/c1-4-6(9(13)14)2-5(8(11)12)3-7(4)10(15)16;;;;/h2-3H,1H3;;;;. The molecule has 90 valence electrons. The first-order valence-electron chi connectivity index (χ1n) is 3.92. The fourth-order valence-electron chi connectivity index (χ4n) is 1.15. The third-order valence-electron chi connectivity index (χ3n) is 1.94. The minimum atomic E-state index is -0.917. The molecule has 0 amide bonds. The topological polar surface area (TPSA) is 129 Å². The summed E-state index contributed by atoms with van der Waals surface area (Å²) in [6.07, 6.45) is 0. The molecule has 1 rings (SSSR count). The van der Waals surface area contributed by atoms with E-state index in [2.05, 4.69) is 0 Å². The maximum atomic E-state index is 10.5. The third kappa shape index (κ3) is 2.96. The number of rotatable bonds is 3. The molecule has 17 heavy (non-hydrogen) atoms. The minimum absolute atomic E-state index is 0. The number of hydrogen-bond acceptors (Lipinski definition) is 6. The molecule has 0 aliphatic carbocycles. The Hall–Kier alpha value is -2.05. The Balaban J connectivity index is 0.00000256. The van der Waals surface area contributed by atoms with E-state index in [0.29, 0.717) is 12.1 Å². The molecule has 0 aromatic heterocycles. The van der Waals surface area contributed by atoms with Crippen LogP contribution in [0.15, 0.2) is 12.1 Å². The molecule has 0 saturated heterocycles. The van der Waals surface area contributed by atoms with Gasteiger partial charge in [-0.05, 0) is 6.92 Å². The molecule has 0 heterocycles. The zero-order valence-electron chi connectivity index (χ0n) is 7.95. The van der Waals surface area contributed by atoms with Crippen LogP contribution in [0.2, 0.25) is 0 Å². The maximum Gasteiger partial charge on any atom is 0.286 e. The summed E-state index contributed by atoms with van der Waals surface area (Å²) in [6, 6.07) is 1.39. The highest BCUT2D eigenvalue weighted by molar-refractivity contribution is 5.75. The van der Waals surface area contributed by atoms with Gasteiger partial charge in [0.1, 0.15) is 5.56 Å². The first-order chi connectivity index (χ1) is 7.34. The van der Waals surface area contributed by atoms with E-state index in [9.17, 15) is 30.3 Å². The second-order valence-electron chi connectivity index (χ2n) is 2.88. The van der Waals surface area contributed by atoms with E-state index in [4.69, 9.17) is 0 Å². The van der Waals surface area contributed by atoms with Gasteiger partial charge in [0.25, 0.3) is 17.1 Å². The van der Waals surface area contributed by atoms with Gasteiger partial charge in [0.2, 0.25) is 0 Å². The van der Waals surface area contributed by atoms with Crippen LogP contribution in [0.5, 0.6) is 0 Å². The van der Waals surface area contributed by atoms with Crippen LogP contribution in [0.1, 0.15) is 5.56 Å². The molecular formula is C7H8AlN3O6. The fourth-order valence-corrected chi connectivity index (χ4v) is 1.15. The largest absolute Gasteiger partial charge is 0.286 e. The second kappa shape index (κ2) is 5.33. The maximum absolute atomic E-state index is 10.5. The fraction of sp³-hybridized carbons (Fsp3) is 0.143. The van der Waals surface area contributed by atoms with Gasteiger partial charge in [-0.2, -0.15) is 0 Å². The van der Waals surface area contributed by atoms with Crippen molar-refractivity contribution < 1.29 is 14.8 Å². The third-order valence-corrected chi connectivity index (χ3v) is 1.94. The Morgan fingerprint density at radius 1 is 0.882 bits per heavy atom. The number of benzene rings is 1. The Kier molecular flexibility index (Phi) is 4.69. The van der Waals surface area contributed by atoms with Crippen LogP contribution in [-0.2, 0) is 0 Å². The number of nitro groups is 3. The highest BCUT2D eigenvalue weighted by atomic mass is 27.0. The number of non-ortho nitro benzene ring substituents is 1. The SMILES string of the molecule is Cc1c([N+](=O)[O-])cc([N+](=O)[O-])cc1[N+](=O)[O-].[AlH3]. The van der Waals surface area contributed by atoms with Crippen LogP contribution in [0.3, 0.4) is 0 Å². The molecule has 1 aromatic rings. The lowest BCUT2D eigenvalue weighted by atomic mass is 10.1. The van der Waals surface area contributed by atoms with Gasteiger partial charge in [-0.1, -0.05) is 0 Å². The van der Waals surface area contributed by atoms with E-state index in [1.807, 2.05) is 0 Å². The highest BCUT2D eigenvalue weighted by Crippen LogP contribution is 2.32. The lowest BCUT2D eigenvalue weighted by Gasteiger charge is -1.99. The molecule has 0 N–H and O–H groups in total. The van der Waals surface area contributed by atoms with Crippen molar-refractivity contribution >= 4 is 34.4 Å². The van der Waals surface area contributed by atoms with Crippen molar-refractivity contribution in [3.8, 4) is 0 Å². The normalized spacial score (nSPS) is 9.24. The van der Waals surface area contributed by atoms with Gasteiger partial charge in [-0.3, -0.25) is 30.3 Å². The molecule has 0 aliphatic heterocycles.